The molecule has 0 spiro atoms. The van der Waals surface area contributed by atoms with Crippen molar-refractivity contribution in [3.63, 3.8) is 0 Å². The molecular weight excluding hydrogens is 286 g/mol. The number of anilines is 1. The SMILES string of the molecule is Nc1ccc(Br)c(CNCc2cscn2)c1. The first-order chi connectivity index (χ1) is 7.75. The molecule has 0 unspecified atom stereocenters. The van der Waals surface area contributed by atoms with Crippen molar-refractivity contribution < 1.29 is 0 Å². The average Bonchev–Trinajstić information content (AvgIpc) is 2.76. The van der Waals surface area contributed by atoms with E-state index in [-0.39, 0.29) is 0 Å². The fourth-order valence-corrected chi connectivity index (χ4v) is 2.33. The summed E-state index contributed by atoms with van der Waals surface area (Å²) >= 11 is 5.11. The van der Waals surface area contributed by atoms with Gasteiger partial charge < -0.3 is 11.1 Å². The summed E-state index contributed by atoms with van der Waals surface area (Å²) in [6.07, 6.45) is 0. The summed E-state index contributed by atoms with van der Waals surface area (Å²) in [6.45, 7) is 1.56. The van der Waals surface area contributed by atoms with E-state index in [1.165, 1.54) is 0 Å². The Morgan fingerprint density at radius 3 is 3.00 bits per heavy atom. The molecule has 84 valence electrons. The molecule has 0 bridgehead atoms. The number of nitrogens with zero attached hydrogens (tertiary/aromatic N) is 1. The van der Waals surface area contributed by atoms with Crippen LogP contribution in [0.25, 0.3) is 0 Å². The molecule has 0 radical (unpaired) electrons. The standard InChI is InChI=1S/C11H12BrN3S/c12-11-2-1-9(13)3-8(11)4-14-5-10-6-16-7-15-10/h1-3,6-7,14H,4-5,13H2. The molecule has 2 rings (SSSR count). The van der Waals surface area contributed by atoms with Crippen LogP contribution in [0.1, 0.15) is 11.3 Å². The lowest BCUT2D eigenvalue weighted by Gasteiger charge is -2.06. The second kappa shape index (κ2) is 5.43. The quantitative estimate of drug-likeness (QED) is 0.853. The Bertz CT molecular complexity index is 456. The van der Waals surface area contributed by atoms with Crippen LogP contribution in [0.3, 0.4) is 0 Å². The fraction of sp³-hybridized carbons (Fsp3) is 0.182. The van der Waals surface area contributed by atoms with Gasteiger partial charge in [0.2, 0.25) is 0 Å². The van der Waals surface area contributed by atoms with Gasteiger partial charge in [-0.1, -0.05) is 15.9 Å². The number of benzene rings is 1. The predicted molar refractivity (Wildman–Crippen MR) is 71.2 cm³/mol. The molecule has 3 N–H and O–H groups in total. The van der Waals surface area contributed by atoms with Crippen molar-refractivity contribution in [2.45, 2.75) is 13.1 Å². The molecule has 3 nitrogen and oxygen atoms in total. The van der Waals surface area contributed by atoms with Crippen molar-refractivity contribution in [3.8, 4) is 0 Å². The van der Waals surface area contributed by atoms with E-state index in [0.29, 0.717) is 0 Å². The van der Waals surface area contributed by atoms with E-state index < -0.39 is 0 Å². The zero-order valence-electron chi connectivity index (χ0n) is 8.61. The van der Waals surface area contributed by atoms with E-state index >= 15 is 0 Å². The van der Waals surface area contributed by atoms with Crippen molar-refractivity contribution >= 4 is 33.0 Å². The van der Waals surface area contributed by atoms with Gasteiger partial charge in [-0.15, -0.1) is 11.3 Å². The van der Waals surface area contributed by atoms with Crippen LogP contribution in [0.15, 0.2) is 33.6 Å². The molecule has 0 saturated carbocycles. The molecule has 0 aliphatic carbocycles. The maximum atomic E-state index is 5.73. The number of aromatic nitrogens is 1. The molecule has 0 amide bonds. The van der Waals surface area contributed by atoms with E-state index in [9.17, 15) is 0 Å². The normalized spacial score (nSPS) is 10.6. The first kappa shape index (κ1) is 11.6. The Balaban J connectivity index is 1.92. The number of rotatable bonds is 4. The van der Waals surface area contributed by atoms with Crippen LogP contribution in [0.2, 0.25) is 0 Å². The molecule has 5 heteroatoms. The van der Waals surface area contributed by atoms with Crippen molar-refractivity contribution in [3.05, 3.63) is 44.8 Å². The van der Waals surface area contributed by atoms with Crippen LogP contribution in [-0.2, 0) is 13.1 Å². The topological polar surface area (TPSA) is 50.9 Å². The molecule has 1 heterocycles. The third kappa shape index (κ3) is 3.04. The van der Waals surface area contributed by atoms with Gasteiger partial charge >= 0.3 is 0 Å². The average molecular weight is 298 g/mol. The van der Waals surface area contributed by atoms with Crippen molar-refractivity contribution in [2.24, 2.45) is 0 Å². The number of hydrogen-bond donors (Lipinski definition) is 2. The Hall–Kier alpha value is -0.910. The predicted octanol–water partition coefficient (Wildman–Crippen LogP) is 2.78. The summed E-state index contributed by atoms with van der Waals surface area (Å²) in [4.78, 5) is 4.21. The van der Waals surface area contributed by atoms with Gasteiger partial charge in [-0.05, 0) is 23.8 Å². The number of thiazole rings is 1. The van der Waals surface area contributed by atoms with E-state index in [0.717, 1.165) is 34.5 Å². The molecule has 0 aliphatic rings. The van der Waals surface area contributed by atoms with Crippen LogP contribution in [0, 0.1) is 0 Å². The second-order valence-electron chi connectivity index (χ2n) is 3.43. The summed E-state index contributed by atoms with van der Waals surface area (Å²) in [7, 11) is 0. The van der Waals surface area contributed by atoms with Gasteiger partial charge in [0, 0.05) is 28.6 Å². The zero-order chi connectivity index (χ0) is 11.4. The van der Waals surface area contributed by atoms with Gasteiger partial charge in [-0.3, -0.25) is 0 Å². The summed E-state index contributed by atoms with van der Waals surface area (Å²) in [6, 6.07) is 5.82. The van der Waals surface area contributed by atoms with Crippen molar-refractivity contribution in [1.82, 2.24) is 10.3 Å². The van der Waals surface area contributed by atoms with Crippen LogP contribution in [0.4, 0.5) is 5.69 Å². The number of nitrogen functional groups attached to an aromatic ring is 1. The van der Waals surface area contributed by atoms with E-state index in [2.05, 4.69) is 26.2 Å². The first-order valence-corrected chi connectivity index (χ1v) is 6.61. The molecule has 0 atom stereocenters. The minimum atomic E-state index is 0.781. The second-order valence-corrected chi connectivity index (χ2v) is 5.01. The number of nitrogens with two attached hydrogens (primary N) is 1. The molecular formula is C11H12BrN3S. The lowest BCUT2D eigenvalue weighted by molar-refractivity contribution is 0.681. The van der Waals surface area contributed by atoms with E-state index in [1.807, 2.05) is 29.1 Å². The Labute approximate surface area is 107 Å². The summed E-state index contributed by atoms with van der Waals surface area (Å²) in [5.41, 5.74) is 10.6. The molecule has 16 heavy (non-hydrogen) atoms. The minimum Gasteiger partial charge on any atom is -0.399 e. The smallest absolute Gasteiger partial charge is 0.0795 e. The van der Waals surface area contributed by atoms with Crippen LogP contribution in [-0.4, -0.2) is 4.98 Å². The maximum absolute atomic E-state index is 5.73. The Kier molecular flexibility index (Phi) is 3.93. The third-order valence-electron chi connectivity index (χ3n) is 2.17. The minimum absolute atomic E-state index is 0.781. The molecule has 0 aliphatic heterocycles. The summed E-state index contributed by atoms with van der Waals surface area (Å²) < 4.78 is 1.08. The number of nitrogens with one attached hydrogen (secondary N) is 1. The largest absolute Gasteiger partial charge is 0.399 e. The fourth-order valence-electron chi connectivity index (χ4n) is 1.38. The highest BCUT2D eigenvalue weighted by Crippen LogP contribution is 2.19. The van der Waals surface area contributed by atoms with Gasteiger partial charge in [-0.25, -0.2) is 4.98 Å². The van der Waals surface area contributed by atoms with Crippen LogP contribution >= 0.6 is 27.3 Å². The summed E-state index contributed by atoms with van der Waals surface area (Å²) in [5, 5.41) is 5.37. The van der Waals surface area contributed by atoms with Gasteiger partial charge in [0.15, 0.2) is 0 Å². The highest BCUT2D eigenvalue weighted by Gasteiger charge is 2.00. The molecule has 1 aromatic carbocycles. The van der Waals surface area contributed by atoms with Gasteiger partial charge in [0.1, 0.15) is 0 Å². The van der Waals surface area contributed by atoms with Crippen LogP contribution < -0.4 is 11.1 Å². The summed E-state index contributed by atoms with van der Waals surface area (Å²) in [5.74, 6) is 0. The number of halogens is 1. The van der Waals surface area contributed by atoms with Crippen LogP contribution in [0.5, 0.6) is 0 Å². The highest BCUT2D eigenvalue weighted by molar-refractivity contribution is 9.10. The Morgan fingerprint density at radius 1 is 1.38 bits per heavy atom. The Morgan fingerprint density at radius 2 is 2.25 bits per heavy atom. The zero-order valence-corrected chi connectivity index (χ0v) is 11.0. The monoisotopic (exact) mass is 297 g/mol. The van der Waals surface area contributed by atoms with Gasteiger partial charge in [-0.2, -0.15) is 0 Å². The molecule has 0 fully saturated rings. The van der Waals surface area contributed by atoms with E-state index in [4.69, 9.17) is 5.73 Å². The molecule has 1 aromatic heterocycles. The first-order valence-electron chi connectivity index (χ1n) is 4.87. The molecule has 2 aromatic rings. The van der Waals surface area contributed by atoms with E-state index in [1.54, 1.807) is 11.3 Å². The molecule has 0 saturated heterocycles. The third-order valence-corrected chi connectivity index (χ3v) is 3.58. The lowest BCUT2D eigenvalue weighted by atomic mass is 10.2. The van der Waals surface area contributed by atoms with Gasteiger partial charge in [0.05, 0.1) is 11.2 Å². The van der Waals surface area contributed by atoms with Crippen molar-refractivity contribution in [2.75, 3.05) is 5.73 Å². The maximum Gasteiger partial charge on any atom is 0.0795 e. The van der Waals surface area contributed by atoms with Crippen molar-refractivity contribution in [1.29, 1.82) is 0 Å². The van der Waals surface area contributed by atoms with Gasteiger partial charge in [0.25, 0.3) is 0 Å². The number of hydrogen-bond acceptors (Lipinski definition) is 4. The lowest BCUT2D eigenvalue weighted by Crippen LogP contribution is -2.13. The highest BCUT2D eigenvalue weighted by atomic mass is 79.9.